The van der Waals surface area contributed by atoms with Gasteiger partial charge in [0, 0.05) is 11.1 Å². The summed E-state index contributed by atoms with van der Waals surface area (Å²) >= 11 is 7.27. The van der Waals surface area contributed by atoms with Crippen LogP contribution in [0.2, 0.25) is 0 Å². The van der Waals surface area contributed by atoms with E-state index in [1.807, 2.05) is 36.4 Å². The number of unbranched alkanes of at least 4 members (excludes halogenated alkanes) is 4. The Bertz CT molecular complexity index is 1260. The van der Waals surface area contributed by atoms with Gasteiger partial charge in [0.05, 0.1) is 22.2 Å². The van der Waals surface area contributed by atoms with Crippen molar-refractivity contribution in [3.05, 3.63) is 57.5 Å². The molecule has 0 saturated heterocycles. The second-order valence-electron chi connectivity index (χ2n) is 9.04. The number of phenolic OH excluding ortho intramolecular Hbond substituents is 2. The van der Waals surface area contributed by atoms with Crippen molar-refractivity contribution in [2.24, 2.45) is 0 Å². The molecule has 0 bridgehead atoms. The van der Waals surface area contributed by atoms with Gasteiger partial charge in [-0.1, -0.05) is 51.7 Å². The molecular weight excluding hydrogens is 584 g/mol. The summed E-state index contributed by atoms with van der Waals surface area (Å²) in [6, 6.07) is 15.0. The minimum atomic E-state index is 0.0953. The fourth-order valence-electron chi connectivity index (χ4n) is 4.44. The van der Waals surface area contributed by atoms with E-state index in [-0.39, 0.29) is 11.5 Å². The molecule has 0 aliphatic heterocycles. The molecule has 0 atom stereocenters. The van der Waals surface area contributed by atoms with Crippen LogP contribution < -0.4 is 9.47 Å². The number of phenols is 2. The molecule has 0 aliphatic carbocycles. The lowest BCUT2D eigenvalue weighted by Crippen LogP contribution is -1.99. The zero-order chi connectivity index (χ0) is 25.7. The molecule has 2 N–H and O–H groups in total. The van der Waals surface area contributed by atoms with E-state index in [1.54, 1.807) is 12.1 Å². The van der Waals surface area contributed by atoms with Gasteiger partial charge in [-0.25, -0.2) is 0 Å². The molecular formula is C30H32Br2O4. The molecule has 0 amide bonds. The number of fused-ring (bicyclic) bond motifs is 2. The van der Waals surface area contributed by atoms with Crippen molar-refractivity contribution in [3.63, 3.8) is 0 Å². The van der Waals surface area contributed by atoms with Crippen molar-refractivity contribution in [1.82, 2.24) is 0 Å². The maximum absolute atomic E-state index is 11.1. The van der Waals surface area contributed by atoms with Crippen LogP contribution in [0.15, 0.2) is 57.5 Å². The van der Waals surface area contributed by atoms with Crippen LogP contribution in [0.25, 0.3) is 32.7 Å². The van der Waals surface area contributed by atoms with Crippen LogP contribution in [0, 0.1) is 0 Å². The van der Waals surface area contributed by atoms with E-state index >= 15 is 0 Å². The van der Waals surface area contributed by atoms with Gasteiger partial charge in [0.15, 0.2) is 0 Å². The van der Waals surface area contributed by atoms with Crippen LogP contribution in [0.3, 0.4) is 0 Å². The first-order valence-corrected chi connectivity index (χ1v) is 14.2. The molecule has 190 valence electrons. The Balaban J connectivity index is 1.86. The predicted octanol–water partition coefficient (Wildman–Crippen LogP) is 9.73. The van der Waals surface area contributed by atoms with Gasteiger partial charge in [-0.15, -0.1) is 0 Å². The first kappa shape index (κ1) is 26.6. The summed E-state index contributed by atoms with van der Waals surface area (Å²) in [6.07, 6.45) is 6.43. The third-order valence-electron chi connectivity index (χ3n) is 6.36. The topological polar surface area (TPSA) is 58.9 Å². The lowest BCUT2D eigenvalue weighted by Gasteiger charge is -2.17. The van der Waals surface area contributed by atoms with Crippen LogP contribution in [0.5, 0.6) is 23.0 Å². The molecule has 0 aliphatic rings. The lowest BCUT2D eigenvalue weighted by molar-refractivity contribution is 0.305. The normalized spacial score (nSPS) is 11.3. The third kappa shape index (κ3) is 5.76. The second kappa shape index (κ2) is 12.2. The molecule has 4 rings (SSSR count). The highest BCUT2D eigenvalue weighted by molar-refractivity contribution is 9.11. The highest BCUT2D eigenvalue weighted by Gasteiger charge is 2.19. The average Bonchev–Trinajstić information content (AvgIpc) is 2.86. The third-order valence-corrected chi connectivity index (χ3v) is 7.60. The van der Waals surface area contributed by atoms with Gasteiger partial charge in [-0.3, -0.25) is 0 Å². The molecule has 0 aromatic heterocycles. The SMILES string of the molecule is CCCCCOc1cc2c(-c3c(O)ccc4cc(Br)c(OCCCCC)cc34)c(O)ccc2cc1Br. The van der Waals surface area contributed by atoms with Crippen molar-refractivity contribution in [3.8, 4) is 34.1 Å². The number of aromatic hydroxyl groups is 2. The molecule has 0 spiro atoms. The van der Waals surface area contributed by atoms with Crippen LogP contribution in [-0.4, -0.2) is 23.4 Å². The molecule has 4 aromatic carbocycles. The zero-order valence-electron chi connectivity index (χ0n) is 20.7. The van der Waals surface area contributed by atoms with Crippen molar-refractivity contribution in [2.45, 2.75) is 52.4 Å². The molecule has 6 heteroatoms. The van der Waals surface area contributed by atoms with Gasteiger partial charge >= 0.3 is 0 Å². The molecule has 0 saturated carbocycles. The van der Waals surface area contributed by atoms with Crippen LogP contribution in [-0.2, 0) is 0 Å². The molecule has 0 fully saturated rings. The Labute approximate surface area is 229 Å². The summed E-state index contributed by atoms with van der Waals surface area (Å²) in [5, 5.41) is 25.6. The lowest BCUT2D eigenvalue weighted by atomic mass is 9.92. The summed E-state index contributed by atoms with van der Waals surface area (Å²) in [5.74, 6) is 1.62. The maximum atomic E-state index is 11.1. The minimum Gasteiger partial charge on any atom is -0.507 e. The van der Waals surface area contributed by atoms with E-state index in [4.69, 9.17) is 9.47 Å². The van der Waals surface area contributed by atoms with Crippen LogP contribution in [0.1, 0.15) is 52.4 Å². The van der Waals surface area contributed by atoms with Crippen molar-refractivity contribution >= 4 is 53.4 Å². The van der Waals surface area contributed by atoms with Gasteiger partial charge < -0.3 is 19.7 Å². The molecule has 36 heavy (non-hydrogen) atoms. The standard InChI is InChI=1S/C30H32Br2O4/c1-3-5-7-13-35-27-17-21-19(15-23(27)31)9-11-25(33)29(21)30-22-18-28(36-14-8-6-4-2)24(32)16-20(22)10-12-26(30)34/h9-12,15-18,33-34H,3-8,13-14H2,1-2H3. The predicted molar refractivity (Wildman–Crippen MR) is 156 cm³/mol. The van der Waals surface area contributed by atoms with Gasteiger partial charge in [0.1, 0.15) is 23.0 Å². The Morgan fingerprint density at radius 3 is 1.42 bits per heavy atom. The van der Waals surface area contributed by atoms with E-state index < -0.39 is 0 Å². The Kier molecular flexibility index (Phi) is 9.02. The van der Waals surface area contributed by atoms with E-state index in [0.29, 0.717) is 35.8 Å². The van der Waals surface area contributed by atoms with Gasteiger partial charge in [0.25, 0.3) is 0 Å². The Morgan fingerprint density at radius 1 is 0.611 bits per heavy atom. The number of hydrogen-bond donors (Lipinski definition) is 2. The average molecular weight is 616 g/mol. The fraction of sp³-hybridized carbons (Fsp3) is 0.333. The number of halogens is 2. The zero-order valence-corrected chi connectivity index (χ0v) is 23.9. The summed E-state index contributed by atoms with van der Waals surface area (Å²) < 4.78 is 13.9. The van der Waals surface area contributed by atoms with E-state index in [2.05, 4.69) is 45.7 Å². The van der Waals surface area contributed by atoms with E-state index in [0.717, 1.165) is 69.0 Å². The maximum Gasteiger partial charge on any atom is 0.134 e. The second-order valence-corrected chi connectivity index (χ2v) is 10.7. The smallest absolute Gasteiger partial charge is 0.134 e. The van der Waals surface area contributed by atoms with Crippen molar-refractivity contribution in [1.29, 1.82) is 0 Å². The van der Waals surface area contributed by atoms with E-state index in [9.17, 15) is 10.2 Å². The highest BCUT2D eigenvalue weighted by atomic mass is 79.9. The quantitative estimate of drug-likeness (QED) is 0.165. The number of benzene rings is 4. The summed E-state index contributed by atoms with van der Waals surface area (Å²) in [6.45, 7) is 5.58. The number of hydrogen-bond acceptors (Lipinski definition) is 4. The molecule has 4 aromatic rings. The van der Waals surface area contributed by atoms with E-state index in [1.165, 1.54) is 0 Å². The highest BCUT2D eigenvalue weighted by Crippen LogP contribution is 2.47. The van der Waals surface area contributed by atoms with Gasteiger partial charge in [-0.05, 0) is 103 Å². The van der Waals surface area contributed by atoms with Crippen LogP contribution >= 0.6 is 31.9 Å². The van der Waals surface area contributed by atoms with Crippen molar-refractivity contribution in [2.75, 3.05) is 13.2 Å². The van der Waals surface area contributed by atoms with Gasteiger partial charge in [-0.2, -0.15) is 0 Å². The first-order chi connectivity index (χ1) is 17.4. The summed E-state index contributed by atoms with van der Waals surface area (Å²) in [7, 11) is 0. The fourth-order valence-corrected chi connectivity index (χ4v) is 5.39. The Morgan fingerprint density at radius 2 is 1.03 bits per heavy atom. The number of rotatable bonds is 11. The monoisotopic (exact) mass is 614 g/mol. The summed E-state index contributed by atoms with van der Waals surface area (Å²) in [4.78, 5) is 0. The molecule has 0 radical (unpaired) electrons. The molecule has 0 heterocycles. The Hall–Kier alpha value is -2.44. The van der Waals surface area contributed by atoms with Gasteiger partial charge in [0.2, 0.25) is 0 Å². The largest absolute Gasteiger partial charge is 0.507 e. The van der Waals surface area contributed by atoms with Crippen LogP contribution in [0.4, 0.5) is 0 Å². The first-order valence-electron chi connectivity index (χ1n) is 12.6. The summed E-state index contributed by atoms with van der Waals surface area (Å²) in [5.41, 5.74) is 1.14. The van der Waals surface area contributed by atoms with Crippen molar-refractivity contribution < 1.29 is 19.7 Å². The minimum absolute atomic E-state index is 0.0953. The molecule has 4 nitrogen and oxygen atoms in total. The molecule has 0 unspecified atom stereocenters. The number of ether oxygens (including phenoxy) is 2.